The molecule has 3 nitrogen and oxygen atoms in total. The lowest BCUT2D eigenvalue weighted by molar-refractivity contribution is 0.0731. The van der Waals surface area contributed by atoms with Gasteiger partial charge in [-0.3, -0.25) is 4.79 Å². The Morgan fingerprint density at radius 1 is 1.44 bits per heavy atom. The van der Waals surface area contributed by atoms with E-state index in [-0.39, 0.29) is 5.91 Å². The van der Waals surface area contributed by atoms with Gasteiger partial charge in [-0.15, -0.1) is 11.6 Å². The predicted octanol–water partition coefficient (Wildman–Crippen LogP) is 2.93. The Hall–Kier alpha value is -0.960. The minimum Gasteiger partial charge on any atom is -0.456 e. The van der Waals surface area contributed by atoms with Crippen molar-refractivity contribution in [3.8, 4) is 0 Å². The van der Waals surface area contributed by atoms with Gasteiger partial charge in [-0.2, -0.15) is 0 Å². The largest absolute Gasteiger partial charge is 0.456 e. The molecule has 1 heterocycles. The fourth-order valence-electron chi connectivity index (χ4n) is 1.49. The number of carbonyl (C=O) groups is 1. The molecule has 0 aromatic carbocycles. The molecule has 0 saturated heterocycles. The molecule has 0 aliphatic rings. The number of carbonyl (C=O) groups excluding carboxylic acids is 1. The minimum absolute atomic E-state index is 0.0488. The van der Waals surface area contributed by atoms with E-state index in [2.05, 4.69) is 0 Å². The zero-order valence-corrected chi connectivity index (χ0v) is 10.6. The maximum absolute atomic E-state index is 12.0. The van der Waals surface area contributed by atoms with Gasteiger partial charge in [-0.25, -0.2) is 0 Å². The van der Waals surface area contributed by atoms with Crippen LogP contribution >= 0.6 is 11.6 Å². The van der Waals surface area contributed by atoms with Crippen molar-refractivity contribution in [3.05, 3.63) is 23.7 Å². The Labute approximate surface area is 101 Å². The molecule has 0 unspecified atom stereocenters. The highest BCUT2D eigenvalue weighted by atomic mass is 35.5. The van der Waals surface area contributed by atoms with Crippen LogP contribution in [0, 0.1) is 0 Å². The normalized spacial score (nSPS) is 10.4. The maximum Gasteiger partial charge on any atom is 0.289 e. The van der Waals surface area contributed by atoms with Crippen LogP contribution in [0.3, 0.4) is 0 Å². The Morgan fingerprint density at radius 2 is 2.19 bits per heavy atom. The summed E-state index contributed by atoms with van der Waals surface area (Å²) >= 11 is 5.62. The van der Waals surface area contributed by atoms with E-state index in [0.29, 0.717) is 24.7 Å². The Bertz CT molecular complexity index is 336. The molecule has 1 aromatic heterocycles. The third-order valence-electron chi connectivity index (χ3n) is 2.45. The van der Waals surface area contributed by atoms with Crippen LogP contribution in [0.1, 0.15) is 36.6 Å². The summed E-state index contributed by atoms with van der Waals surface area (Å²) in [5.41, 5.74) is 0. The Balaban J connectivity index is 2.66. The first-order chi connectivity index (χ1) is 7.72. The third kappa shape index (κ3) is 3.27. The molecule has 1 amide bonds. The van der Waals surface area contributed by atoms with Crippen LogP contribution in [0.5, 0.6) is 0 Å². The smallest absolute Gasteiger partial charge is 0.289 e. The molecule has 0 atom stereocenters. The van der Waals surface area contributed by atoms with Crippen LogP contribution in [-0.2, 0) is 6.42 Å². The second-order valence-electron chi connectivity index (χ2n) is 3.55. The van der Waals surface area contributed by atoms with Crippen LogP contribution in [0.2, 0.25) is 0 Å². The van der Waals surface area contributed by atoms with Crippen molar-refractivity contribution in [1.82, 2.24) is 4.90 Å². The number of halogens is 1. The summed E-state index contributed by atoms with van der Waals surface area (Å²) in [7, 11) is 0. The highest BCUT2D eigenvalue weighted by Gasteiger charge is 2.17. The minimum atomic E-state index is -0.0488. The third-order valence-corrected chi connectivity index (χ3v) is 2.72. The first-order valence-corrected chi connectivity index (χ1v) is 6.20. The van der Waals surface area contributed by atoms with E-state index in [9.17, 15) is 4.79 Å². The fourth-order valence-corrected chi connectivity index (χ4v) is 1.61. The number of furan rings is 1. The molecule has 0 fully saturated rings. The van der Waals surface area contributed by atoms with Crippen LogP contribution in [0.4, 0.5) is 0 Å². The second-order valence-corrected chi connectivity index (χ2v) is 3.92. The van der Waals surface area contributed by atoms with Gasteiger partial charge in [0.2, 0.25) is 0 Å². The molecular formula is C12H18ClNO2. The van der Waals surface area contributed by atoms with Gasteiger partial charge >= 0.3 is 0 Å². The van der Waals surface area contributed by atoms with Crippen molar-refractivity contribution >= 4 is 17.5 Å². The topological polar surface area (TPSA) is 33.5 Å². The van der Waals surface area contributed by atoms with E-state index in [1.165, 1.54) is 0 Å². The molecule has 0 aliphatic carbocycles. The van der Waals surface area contributed by atoms with Gasteiger partial charge in [0.15, 0.2) is 5.76 Å². The molecule has 0 bridgehead atoms. The number of nitrogens with zero attached hydrogens (tertiary/aromatic N) is 1. The molecule has 4 heteroatoms. The molecule has 0 saturated carbocycles. The van der Waals surface area contributed by atoms with Crippen LogP contribution < -0.4 is 0 Å². The number of hydrogen-bond donors (Lipinski definition) is 0. The monoisotopic (exact) mass is 243 g/mol. The zero-order valence-electron chi connectivity index (χ0n) is 9.83. The van der Waals surface area contributed by atoms with Crippen molar-refractivity contribution in [3.63, 3.8) is 0 Å². The van der Waals surface area contributed by atoms with Gasteiger partial charge in [0, 0.05) is 25.4 Å². The van der Waals surface area contributed by atoms with E-state index >= 15 is 0 Å². The number of rotatable bonds is 6. The molecule has 1 aromatic rings. The quantitative estimate of drug-likeness (QED) is 0.720. The van der Waals surface area contributed by atoms with E-state index in [1.54, 1.807) is 11.0 Å². The molecule has 0 N–H and O–H groups in total. The van der Waals surface area contributed by atoms with Crippen LogP contribution in [0.25, 0.3) is 0 Å². The second kappa shape index (κ2) is 6.59. The summed E-state index contributed by atoms with van der Waals surface area (Å²) in [5, 5.41) is 0. The number of aryl methyl sites for hydroxylation is 1. The summed E-state index contributed by atoms with van der Waals surface area (Å²) in [4.78, 5) is 13.8. The SMILES string of the molecule is CCc1ccc(C(=O)N(CC)CCCCl)o1. The number of alkyl halides is 1. The van der Waals surface area contributed by atoms with Gasteiger partial charge in [-0.1, -0.05) is 6.92 Å². The van der Waals surface area contributed by atoms with Gasteiger partial charge in [0.1, 0.15) is 5.76 Å². The van der Waals surface area contributed by atoms with E-state index in [4.69, 9.17) is 16.0 Å². The highest BCUT2D eigenvalue weighted by molar-refractivity contribution is 6.17. The number of hydrogen-bond acceptors (Lipinski definition) is 2. The first-order valence-electron chi connectivity index (χ1n) is 5.66. The van der Waals surface area contributed by atoms with Crippen molar-refractivity contribution < 1.29 is 9.21 Å². The van der Waals surface area contributed by atoms with Crippen molar-refractivity contribution in [2.45, 2.75) is 26.7 Å². The Morgan fingerprint density at radius 3 is 2.69 bits per heavy atom. The summed E-state index contributed by atoms with van der Waals surface area (Å²) in [6, 6.07) is 3.59. The Kier molecular flexibility index (Phi) is 5.39. The summed E-state index contributed by atoms with van der Waals surface area (Å²) in [6.07, 6.45) is 1.61. The van der Waals surface area contributed by atoms with Gasteiger partial charge in [0.05, 0.1) is 0 Å². The summed E-state index contributed by atoms with van der Waals surface area (Å²) in [6.45, 7) is 5.31. The van der Waals surface area contributed by atoms with Crippen molar-refractivity contribution in [1.29, 1.82) is 0 Å². The lowest BCUT2D eigenvalue weighted by Gasteiger charge is -2.18. The first kappa shape index (κ1) is 13.1. The molecule has 0 radical (unpaired) electrons. The van der Waals surface area contributed by atoms with Gasteiger partial charge < -0.3 is 9.32 Å². The van der Waals surface area contributed by atoms with Crippen molar-refractivity contribution in [2.24, 2.45) is 0 Å². The zero-order chi connectivity index (χ0) is 12.0. The molecule has 0 spiro atoms. The standard InChI is InChI=1S/C12H18ClNO2/c1-3-10-6-7-11(16-10)12(15)14(4-2)9-5-8-13/h6-7H,3-5,8-9H2,1-2H3. The fraction of sp³-hybridized carbons (Fsp3) is 0.583. The van der Waals surface area contributed by atoms with Gasteiger partial charge in [0.25, 0.3) is 5.91 Å². The maximum atomic E-state index is 12.0. The lowest BCUT2D eigenvalue weighted by Crippen LogP contribution is -2.31. The summed E-state index contributed by atoms with van der Waals surface area (Å²) in [5.74, 6) is 1.79. The van der Waals surface area contributed by atoms with Gasteiger partial charge in [-0.05, 0) is 25.5 Å². The van der Waals surface area contributed by atoms with E-state index < -0.39 is 0 Å². The average Bonchev–Trinajstić information content (AvgIpc) is 2.78. The van der Waals surface area contributed by atoms with Crippen molar-refractivity contribution in [2.75, 3.05) is 19.0 Å². The van der Waals surface area contributed by atoms with Crippen LogP contribution in [0.15, 0.2) is 16.5 Å². The predicted molar refractivity (Wildman–Crippen MR) is 65.0 cm³/mol. The van der Waals surface area contributed by atoms with E-state index in [0.717, 1.165) is 18.6 Å². The van der Waals surface area contributed by atoms with E-state index in [1.807, 2.05) is 19.9 Å². The molecular weight excluding hydrogens is 226 g/mol. The number of amides is 1. The lowest BCUT2D eigenvalue weighted by atomic mass is 10.3. The molecule has 0 aliphatic heterocycles. The summed E-state index contributed by atoms with van der Waals surface area (Å²) < 4.78 is 5.43. The molecule has 90 valence electrons. The average molecular weight is 244 g/mol. The van der Waals surface area contributed by atoms with Crippen LogP contribution in [-0.4, -0.2) is 29.8 Å². The highest BCUT2D eigenvalue weighted by Crippen LogP contribution is 2.11. The molecule has 16 heavy (non-hydrogen) atoms. The molecule has 1 rings (SSSR count).